The van der Waals surface area contributed by atoms with Gasteiger partial charge in [0, 0.05) is 32.2 Å². The molecule has 0 aromatic rings. The quantitative estimate of drug-likeness (QED) is 0.761. The van der Waals surface area contributed by atoms with Gasteiger partial charge >= 0.3 is 6.03 Å². The second-order valence-electron chi connectivity index (χ2n) is 6.94. The van der Waals surface area contributed by atoms with E-state index in [9.17, 15) is 4.79 Å². The Bertz CT molecular complexity index is 339. The smallest absolute Gasteiger partial charge is 0.317 e. The molecule has 0 aromatic carbocycles. The summed E-state index contributed by atoms with van der Waals surface area (Å²) in [7, 11) is 3.74. The number of nitrogens with one attached hydrogen (secondary N) is 1. The van der Waals surface area contributed by atoms with Crippen molar-refractivity contribution in [3.63, 3.8) is 0 Å². The maximum atomic E-state index is 12.2. The van der Waals surface area contributed by atoms with Crippen molar-refractivity contribution >= 4 is 6.03 Å². The fourth-order valence-corrected chi connectivity index (χ4v) is 3.81. The van der Waals surface area contributed by atoms with Crippen molar-refractivity contribution in [3.05, 3.63) is 0 Å². The molecule has 0 aliphatic heterocycles. The van der Waals surface area contributed by atoms with Gasteiger partial charge in [-0.25, -0.2) is 4.79 Å². The Labute approximate surface area is 123 Å². The van der Waals surface area contributed by atoms with Gasteiger partial charge < -0.3 is 15.0 Å². The minimum atomic E-state index is 0.0829. The molecule has 0 bridgehead atoms. The Balaban J connectivity index is 1.77. The van der Waals surface area contributed by atoms with Crippen LogP contribution in [-0.4, -0.2) is 43.8 Å². The van der Waals surface area contributed by atoms with Gasteiger partial charge in [0.1, 0.15) is 0 Å². The van der Waals surface area contributed by atoms with E-state index in [2.05, 4.69) is 19.2 Å². The van der Waals surface area contributed by atoms with E-state index in [1.54, 1.807) is 7.11 Å². The average Bonchev–Trinajstić information content (AvgIpc) is 2.31. The molecule has 1 spiro atoms. The van der Waals surface area contributed by atoms with Crippen LogP contribution in [0.25, 0.3) is 0 Å². The molecule has 20 heavy (non-hydrogen) atoms. The van der Waals surface area contributed by atoms with Crippen LogP contribution >= 0.6 is 0 Å². The molecule has 2 saturated carbocycles. The molecule has 116 valence electrons. The fraction of sp³-hybridized carbons (Fsp3) is 0.938. The summed E-state index contributed by atoms with van der Waals surface area (Å²) < 4.78 is 5.57. The van der Waals surface area contributed by atoms with E-state index < -0.39 is 0 Å². The van der Waals surface area contributed by atoms with Crippen LogP contribution in [-0.2, 0) is 4.74 Å². The molecule has 2 atom stereocenters. The van der Waals surface area contributed by atoms with E-state index in [1.165, 1.54) is 25.7 Å². The van der Waals surface area contributed by atoms with Crippen molar-refractivity contribution in [1.82, 2.24) is 10.2 Å². The van der Waals surface area contributed by atoms with Crippen LogP contribution in [0.4, 0.5) is 4.79 Å². The van der Waals surface area contributed by atoms with Gasteiger partial charge in [0.2, 0.25) is 0 Å². The first-order valence-electron chi connectivity index (χ1n) is 8.04. The highest BCUT2D eigenvalue weighted by atomic mass is 16.5. The number of nitrogens with zero attached hydrogens (tertiary/aromatic N) is 1. The largest absolute Gasteiger partial charge is 0.381 e. The number of rotatable bonds is 6. The van der Waals surface area contributed by atoms with Crippen molar-refractivity contribution in [2.45, 2.75) is 64.5 Å². The second kappa shape index (κ2) is 6.33. The number of carbonyl (C=O) groups excluding carboxylic acids is 1. The van der Waals surface area contributed by atoms with Gasteiger partial charge in [-0.15, -0.1) is 0 Å². The molecule has 2 aliphatic carbocycles. The number of urea groups is 1. The van der Waals surface area contributed by atoms with Crippen LogP contribution in [0.2, 0.25) is 0 Å². The Morgan fingerprint density at radius 1 is 1.45 bits per heavy atom. The Morgan fingerprint density at radius 3 is 2.65 bits per heavy atom. The first kappa shape index (κ1) is 15.6. The Kier molecular flexibility index (Phi) is 4.95. The Hall–Kier alpha value is -0.770. The number of hydrogen-bond donors (Lipinski definition) is 1. The molecule has 0 radical (unpaired) electrons. The molecule has 0 heterocycles. The molecule has 2 unspecified atom stereocenters. The highest BCUT2D eigenvalue weighted by Gasteiger charge is 2.60. The number of amides is 2. The van der Waals surface area contributed by atoms with Crippen LogP contribution < -0.4 is 5.32 Å². The molecule has 2 amide bonds. The van der Waals surface area contributed by atoms with E-state index in [0.717, 1.165) is 19.4 Å². The highest BCUT2D eigenvalue weighted by Crippen LogP contribution is 2.58. The van der Waals surface area contributed by atoms with Gasteiger partial charge in [-0.05, 0) is 38.0 Å². The van der Waals surface area contributed by atoms with E-state index >= 15 is 0 Å². The van der Waals surface area contributed by atoms with Crippen molar-refractivity contribution in [2.24, 2.45) is 11.3 Å². The SMILES string of the molecule is COC1CC(N(C)C(=O)NCCCC(C)C)C12CCC2. The van der Waals surface area contributed by atoms with Crippen LogP contribution in [0.3, 0.4) is 0 Å². The summed E-state index contributed by atoms with van der Waals surface area (Å²) in [5, 5.41) is 3.05. The van der Waals surface area contributed by atoms with E-state index in [0.29, 0.717) is 18.1 Å². The molecule has 2 rings (SSSR count). The number of methoxy groups -OCH3 is 1. The molecular weight excluding hydrogens is 252 g/mol. The molecular formula is C16H30N2O2. The zero-order chi connectivity index (χ0) is 14.8. The van der Waals surface area contributed by atoms with E-state index in [1.807, 2.05) is 11.9 Å². The van der Waals surface area contributed by atoms with Crippen molar-refractivity contribution in [2.75, 3.05) is 20.7 Å². The minimum Gasteiger partial charge on any atom is -0.381 e. The lowest BCUT2D eigenvalue weighted by molar-refractivity contribution is -0.182. The lowest BCUT2D eigenvalue weighted by atomic mass is 9.50. The van der Waals surface area contributed by atoms with Gasteiger partial charge in [-0.1, -0.05) is 20.3 Å². The third-order valence-electron chi connectivity index (χ3n) is 5.33. The van der Waals surface area contributed by atoms with E-state index in [4.69, 9.17) is 4.74 Å². The summed E-state index contributed by atoms with van der Waals surface area (Å²) in [5.41, 5.74) is 0.263. The lowest BCUT2D eigenvalue weighted by Crippen LogP contribution is -2.68. The van der Waals surface area contributed by atoms with Gasteiger partial charge in [0.15, 0.2) is 0 Å². The average molecular weight is 282 g/mol. The summed E-state index contributed by atoms with van der Waals surface area (Å²) >= 11 is 0. The molecule has 1 N–H and O–H groups in total. The third-order valence-corrected chi connectivity index (χ3v) is 5.33. The number of hydrogen-bond acceptors (Lipinski definition) is 2. The first-order valence-corrected chi connectivity index (χ1v) is 8.04. The second-order valence-corrected chi connectivity index (χ2v) is 6.94. The predicted octanol–water partition coefficient (Wildman–Crippen LogP) is 3.02. The van der Waals surface area contributed by atoms with Crippen LogP contribution in [0.15, 0.2) is 0 Å². The molecule has 0 saturated heterocycles. The normalized spacial score (nSPS) is 27.1. The summed E-state index contributed by atoms with van der Waals surface area (Å²) in [4.78, 5) is 14.1. The highest BCUT2D eigenvalue weighted by molar-refractivity contribution is 5.74. The standard InChI is InChI=1S/C16H30N2O2/c1-12(2)7-5-10-17-15(19)18(3)13-11-14(20-4)16(13)8-6-9-16/h12-14H,5-11H2,1-4H3,(H,17,19). The maximum Gasteiger partial charge on any atom is 0.317 e. The Morgan fingerprint density at radius 2 is 2.15 bits per heavy atom. The van der Waals surface area contributed by atoms with Crippen LogP contribution in [0.1, 0.15) is 52.4 Å². The number of carbonyl (C=O) groups is 1. The van der Waals surface area contributed by atoms with Gasteiger partial charge in [-0.3, -0.25) is 0 Å². The molecule has 4 nitrogen and oxygen atoms in total. The lowest BCUT2D eigenvalue weighted by Gasteiger charge is -2.62. The summed E-state index contributed by atoms with van der Waals surface area (Å²) in [6.07, 6.45) is 7.28. The van der Waals surface area contributed by atoms with E-state index in [-0.39, 0.29) is 11.4 Å². The monoisotopic (exact) mass is 282 g/mol. The van der Waals surface area contributed by atoms with Crippen LogP contribution in [0, 0.1) is 11.3 Å². The van der Waals surface area contributed by atoms with Gasteiger partial charge in [0.25, 0.3) is 0 Å². The number of ether oxygens (including phenoxy) is 1. The predicted molar refractivity (Wildman–Crippen MR) is 80.7 cm³/mol. The van der Waals surface area contributed by atoms with Crippen molar-refractivity contribution in [1.29, 1.82) is 0 Å². The van der Waals surface area contributed by atoms with Crippen molar-refractivity contribution < 1.29 is 9.53 Å². The maximum absolute atomic E-state index is 12.2. The van der Waals surface area contributed by atoms with Gasteiger partial charge in [-0.2, -0.15) is 0 Å². The molecule has 0 aromatic heterocycles. The van der Waals surface area contributed by atoms with Crippen LogP contribution in [0.5, 0.6) is 0 Å². The fourth-order valence-electron chi connectivity index (χ4n) is 3.81. The zero-order valence-corrected chi connectivity index (χ0v) is 13.4. The first-order chi connectivity index (χ1) is 9.51. The molecule has 2 aliphatic rings. The topological polar surface area (TPSA) is 41.6 Å². The summed E-state index contributed by atoms with van der Waals surface area (Å²) in [6.45, 7) is 5.22. The molecule has 2 fully saturated rings. The zero-order valence-electron chi connectivity index (χ0n) is 13.4. The van der Waals surface area contributed by atoms with Crippen molar-refractivity contribution in [3.8, 4) is 0 Å². The third kappa shape index (κ3) is 2.80. The summed E-state index contributed by atoms with van der Waals surface area (Å²) in [6, 6.07) is 0.450. The summed E-state index contributed by atoms with van der Waals surface area (Å²) in [5.74, 6) is 0.706. The van der Waals surface area contributed by atoms with Gasteiger partial charge in [0.05, 0.1) is 6.10 Å². The molecule has 4 heteroatoms. The minimum absolute atomic E-state index is 0.0829.